The highest BCUT2D eigenvalue weighted by molar-refractivity contribution is 7.98. The lowest BCUT2D eigenvalue weighted by Gasteiger charge is -2.39. The van der Waals surface area contributed by atoms with E-state index in [1.165, 1.54) is 5.75 Å². The van der Waals surface area contributed by atoms with Crippen LogP contribution in [0.1, 0.15) is 34.6 Å². The zero-order valence-corrected chi connectivity index (χ0v) is 12.1. The Morgan fingerprint density at radius 3 is 2.20 bits per heavy atom. The van der Waals surface area contributed by atoms with E-state index in [4.69, 9.17) is 0 Å². The second kappa shape index (κ2) is 7.53. The average Bonchev–Trinajstić information content (AvgIpc) is 2.08. The average molecular weight is 232 g/mol. The number of nitrogens with one attached hydrogen (secondary N) is 1. The zero-order chi connectivity index (χ0) is 11.9. The van der Waals surface area contributed by atoms with E-state index in [2.05, 4.69) is 51.1 Å². The van der Waals surface area contributed by atoms with Gasteiger partial charge in [-0.2, -0.15) is 11.8 Å². The van der Waals surface area contributed by atoms with Crippen molar-refractivity contribution in [1.82, 2.24) is 10.2 Å². The van der Waals surface area contributed by atoms with Crippen LogP contribution in [-0.2, 0) is 0 Å². The Balaban J connectivity index is 3.78. The van der Waals surface area contributed by atoms with Gasteiger partial charge in [-0.05, 0) is 40.9 Å². The molecule has 0 rings (SSSR count). The lowest BCUT2D eigenvalue weighted by molar-refractivity contribution is 0.100. The van der Waals surface area contributed by atoms with Gasteiger partial charge in [0.25, 0.3) is 0 Å². The molecule has 0 heterocycles. The van der Waals surface area contributed by atoms with Crippen molar-refractivity contribution in [3.63, 3.8) is 0 Å². The molecule has 0 aromatic carbocycles. The summed E-state index contributed by atoms with van der Waals surface area (Å²) in [4.78, 5) is 2.54. The minimum atomic E-state index is 0.273. The molecule has 92 valence electrons. The quantitative estimate of drug-likeness (QED) is 0.679. The largest absolute Gasteiger partial charge is 0.315 e. The predicted octanol–water partition coefficient (Wildman–Crippen LogP) is 2.45. The molecule has 2 nitrogen and oxygen atoms in total. The highest BCUT2D eigenvalue weighted by Crippen LogP contribution is 2.15. The van der Waals surface area contributed by atoms with Crippen LogP contribution in [0.25, 0.3) is 0 Å². The first-order chi connectivity index (χ1) is 6.89. The second-order valence-corrected chi connectivity index (χ2v) is 6.19. The molecule has 0 amide bonds. The van der Waals surface area contributed by atoms with Gasteiger partial charge in [0.05, 0.1) is 0 Å². The summed E-state index contributed by atoms with van der Waals surface area (Å²) < 4.78 is 0. The lowest BCUT2D eigenvalue weighted by Crippen LogP contribution is -2.48. The van der Waals surface area contributed by atoms with Gasteiger partial charge in [0.1, 0.15) is 0 Å². The maximum Gasteiger partial charge on any atom is 0.0128 e. The molecule has 0 atom stereocenters. The summed E-state index contributed by atoms with van der Waals surface area (Å²) in [5, 5.41) is 3.48. The van der Waals surface area contributed by atoms with Crippen LogP contribution >= 0.6 is 11.8 Å². The molecule has 0 aromatic heterocycles. The summed E-state index contributed by atoms with van der Waals surface area (Å²) >= 11 is 1.90. The van der Waals surface area contributed by atoms with Crippen molar-refractivity contribution in [1.29, 1.82) is 0 Å². The van der Waals surface area contributed by atoms with Crippen LogP contribution in [0.2, 0.25) is 0 Å². The minimum Gasteiger partial charge on any atom is -0.315 e. The van der Waals surface area contributed by atoms with Gasteiger partial charge in [0, 0.05) is 37.0 Å². The van der Waals surface area contributed by atoms with Crippen LogP contribution in [-0.4, -0.2) is 48.1 Å². The third-order valence-electron chi connectivity index (χ3n) is 2.50. The van der Waals surface area contributed by atoms with E-state index in [1.54, 1.807) is 0 Å². The Morgan fingerprint density at radius 2 is 1.80 bits per heavy atom. The SMILES string of the molecule is CSCCNCCN(C(C)C)C(C)(C)C. The van der Waals surface area contributed by atoms with Crippen molar-refractivity contribution in [2.75, 3.05) is 31.6 Å². The van der Waals surface area contributed by atoms with Crippen LogP contribution in [0.5, 0.6) is 0 Å². The first-order valence-corrected chi connectivity index (χ1v) is 7.25. The topological polar surface area (TPSA) is 15.3 Å². The van der Waals surface area contributed by atoms with Gasteiger partial charge in [-0.3, -0.25) is 4.90 Å². The molecule has 15 heavy (non-hydrogen) atoms. The Labute approximate surface area is 100 Å². The number of hydrogen-bond donors (Lipinski definition) is 1. The highest BCUT2D eigenvalue weighted by atomic mass is 32.2. The number of hydrogen-bond acceptors (Lipinski definition) is 3. The van der Waals surface area contributed by atoms with Crippen molar-refractivity contribution < 1.29 is 0 Å². The zero-order valence-electron chi connectivity index (χ0n) is 11.3. The molecular weight excluding hydrogens is 204 g/mol. The van der Waals surface area contributed by atoms with Crippen LogP contribution < -0.4 is 5.32 Å². The Morgan fingerprint density at radius 1 is 1.20 bits per heavy atom. The molecule has 0 aromatic rings. The maximum atomic E-state index is 3.48. The number of nitrogens with zero attached hydrogens (tertiary/aromatic N) is 1. The van der Waals surface area contributed by atoms with Gasteiger partial charge >= 0.3 is 0 Å². The monoisotopic (exact) mass is 232 g/mol. The fourth-order valence-corrected chi connectivity index (χ4v) is 2.22. The van der Waals surface area contributed by atoms with Crippen LogP contribution in [0.15, 0.2) is 0 Å². The van der Waals surface area contributed by atoms with Crippen molar-refractivity contribution in [3.05, 3.63) is 0 Å². The van der Waals surface area contributed by atoms with Crippen molar-refractivity contribution >= 4 is 11.8 Å². The minimum absolute atomic E-state index is 0.273. The first-order valence-electron chi connectivity index (χ1n) is 5.86. The molecule has 0 radical (unpaired) electrons. The first kappa shape index (κ1) is 15.3. The van der Waals surface area contributed by atoms with Gasteiger partial charge < -0.3 is 5.32 Å². The summed E-state index contributed by atoms with van der Waals surface area (Å²) in [6.45, 7) is 14.8. The molecule has 0 aliphatic heterocycles. The smallest absolute Gasteiger partial charge is 0.0128 e. The van der Waals surface area contributed by atoms with Gasteiger partial charge in [0.2, 0.25) is 0 Å². The van der Waals surface area contributed by atoms with E-state index in [-0.39, 0.29) is 5.54 Å². The normalized spacial score (nSPS) is 12.8. The van der Waals surface area contributed by atoms with E-state index in [9.17, 15) is 0 Å². The summed E-state index contributed by atoms with van der Waals surface area (Å²) in [7, 11) is 0. The van der Waals surface area contributed by atoms with Gasteiger partial charge in [-0.1, -0.05) is 0 Å². The van der Waals surface area contributed by atoms with Crippen molar-refractivity contribution in [3.8, 4) is 0 Å². The Bertz CT molecular complexity index is 152. The molecule has 0 aliphatic carbocycles. The maximum absolute atomic E-state index is 3.48. The number of thioether (sulfide) groups is 1. The van der Waals surface area contributed by atoms with E-state index in [1.807, 2.05) is 11.8 Å². The molecule has 0 unspecified atom stereocenters. The third-order valence-corrected chi connectivity index (χ3v) is 3.11. The van der Waals surface area contributed by atoms with Crippen LogP contribution in [0, 0.1) is 0 Å². The molecule has 0 spiro atoms. The molecule has 0 saturated carbocycles. The summed E-state index contributed by atoms with van der Waals surface area (Å²) in [6.07, 6.45) is 2.15. The third kappa shape index (κ3) is 7.20. The fourth-order valence-electron chi connectivity index (χ4n) is 1.87. The second-order valence-electron chi connectivity index (χ2n) is 5.20. The summed E-state index contributed by atoms with van der Waals surface area (Å²) in [5.74, 6) is 1.21. The summed E-state index contributed by atoms with van der Waals surface area (Å²) in [6, 6.07) is 0.618. The van der Waals surface area contributed by atoms with Gasteiger partial charge in [0.15, 0.2) is 0 Å². The molecule has 0 saturated heterocycles. The van der Waals surface area contributed by atoms with E-state index in [0.717, 1.165) is 19.6 Å². The lowest BCUT2D eigenvalue weighted by atomic mass is 10.0. The predicted molar refractivity (Wildman–Crippen MR) is 72.8 cm³/mol. The van der Waals surface area contributed by atoms with E-state index < -0.39 is 0 Å². The standard InChI is InChI=1S/C12H28N2S/c1-11(2)14(12(3,4)5)9-7-13-8-10-15-6/h11,13H,7-10H2,1-6H3. The highest BCUT2D eigenvalue weighted by Gasteiger charge is 2.22. The molecule has 0 bridgehead atoms. The van der Waals surface area contributed by atoms with Crippen LogP contribution in [0.3, 0.4) is 0 Å². The van der Waals surface area contributed by atoms with Gasteiger partial charge in [-0.25, -0.2) is 0 Å². The van der Waals surface area contributed by atoms with Crippen LogP contribution in [0.4, 0.5) is 0 Å². The molecule has 0 aliphatic rings. The Hall–Kier alpha value is 0.270. The molecule has 1 N–H and O–H groups in total. The van der Waals surface area contributed by atoms with Gasteiger partial charge in [-0.15, -0.1) is 0 Å². The summed E-state index contributed by atoms with van der Waals surface area (Å²) in [5.41, 5.74) is 0.273. The van der Waals surface area contributed by atoms with Crippen molar-refractivity contribution in [2.45, 2.75) is 46.2 Å². The Kier molecular flexibility index (Phi) is 7.66. The fraction of sp³-hybridized carbons (Fsp3) is 1.00. The molecule has 3 heteroatoms. The van der Waals surface area contributed by atoms with E-state index in [0.29, 0.717) is 6.04 Å². The van der Waals surface area contributed by atoms with E-state index >= 15 is 0 Å². The molecular formula is C12H28N2S. The van der Waals surface area contributed by atoms with Crippen molar-refractivity contribution in [2.24, 2.45) is 0 Å². The number of rotatable bonds is 7. The molecule has 0 fully saturated rings.